The van der Waals surface area contributed by atoms with Crippen LogP contribution in [0.4, 0.5) is 0 Å². The van der Waals surface area contributed by atoms with Gasteiger partial charge in [-0.1, -0.05) is 65.2 Å². The molecule has 0 saturated carbocycles. The number of nitrogens with one attached hydrogen (secondary N) is 1. The molecule has 38 heavy (non-hydrogen) atoms. The number of carbonyl (C=O) groups is 1. The molecular weight excluding hydrogens is 543 g/mol. The number of amides is 1. The summed E-state index contributed by atoms with van der Waals surface area (Å²) in [5.74, 6) is 0.519. The quantitative estimate of drug-likeness (QED) is 0.314. The molecule has 0 bridgehead atoms. The number of aliphatic imine (C=N–C) groups is 1. The number of fused-ring (bicyclic) bond motifs is 1. The highest BCUT2D eigenvalue weighted by molar-refractivity contribution is 8.27. The van der Waals surface area contributed by atoms with Crippen LogP contribution in [0.2, 0.25) is 10.0 Å². The molecule has 1 N–H and O–H groups in total. The van der Waals surface area contributed by atoms with E-state index in [0.29, 0.717) is 43.9 Å². The van der Waals surface area contributed by atoms with Crippen LogP contribution in [0.1, 0.15) is 29.2 Å². The van der Waals surface area contributed by atoms with Crippen LogP contribution in [0.3, 0.4) is 0 Å². The van der Waals surface area contributed by atoms with Crippen molar-refractivity contribution in [1.82, 2.24) is 5.01 Å². The SMILES string of the molecule is CCOc1cc(/C=C2\C(=N)N3N=C(c4ccc(C)cc4)SC3=NC2=O)ccc1OCc1ccc(Cl)c(Cl)c1. The first-order valence-corrected chi connectivity index (χ1v) is 13.3. The maximum absolute atomic E-state index is 12.9. The number of halogens is 2. The Morgan fingerprint density at radius 2 is 1.79 bits per heavy atom. The van der Waals surface area contributed by atoms with Gasteiger partial charge in [-0.25, -0.2) is 0 Å². The first-order chi connectivity index (χ1) is 18.3. The standard InChI is InChI=1S/C28H22Cl2N4O3S/c1-3-36-24-14-17(7-11-23(24)37-15-18-6-10-21(29)22(30)13-18)12-20-25(31)34-28(32-26(20)35)38-27(33-34)19-8-4-16(2)5-9-19/h4-14,31H,3,15H2,1-2H3/b20-12+,31-25?. The molecule has 0 aliphatic carbocycles. The summed E-state index contributed by atoms with van der Waals surface area (Å²) in [4.78, 5) is 17.0. The molecule has 7 nitrogen and oxygen atoms in total. The number of carbonyl (C=O) groups excluding carboxylic acids is 1. The monoisotopic (exact) mass is 564 g/mol. The van der Waals surface area contributed by atoms with Gasteiger partial charge in [0.2, 0.25) is 5.17 Å². The van der Waals surface area contributed by atoms with Gasteiger partial charge >= 0.3 is 0 Å². The fraction of sp³-hybridized carbons (Fsp3) is 0.143. The Morgan fingerprint density at radius 3 is 2.53 bits per heavy atom. The lowest BCUT2D eigenvalue weighted by molar-refractivity contribution is -0.114. The average molecular weight is 565 g/mol. The maximum Gasteiger partial charge on any atom is 0.283 e. The maximum atomic E-state index is 12.9. The third kappa shape index (κ3) is 5.48. The van der Waals surface area contributed by atoms with Crippen molar-refractivity contribution in [2.75, 3.05) is 6.61 Å². The molecule has 1 amide bonds. The summed E-state index contributed by atoms with van der Waals surface area (Å²) in [5.41, 5.74) is 3.70. The van der Waals surface area contributed by atoms with E-state index in [1.807, 2.05) is 44.2 Å². The summed E-state index contributed by atoms with van der Waals surface area (Å²) < 4.78 is 11.8. The topological polar surface area (TPSA) is 87.3 Å². The Hall–Kier alpha value is -3.59. The van der Waals surface area contributed by atoms with E-state index in [1.165, 1.54) is 16.8 Å². The summed E-state index contributed by atoms with van der Waals surface area (Å²) in [6.45, 7) is 4.58. The van der Waals surface area contributed by atoms with Crippen molar-refractivity contribution in [2.24, 2.45) is 10.1 Å². The second-order valence-corrected chi connectivity index (χ2v) is 10.2. The van der Waals surface area contributed by atoms with Crippen molar-refractivity contribution in [3.8, 4) is 11.5 Å². The zero-order chi connectivity index (χ0) is 26.8. The van der Waals surface area contributed by atoms with E-state index in [9.17, 15) is 4.79 Å². The van der Waals surface area contributed by atoms with Crippen LogP contribution in [0.25, 0.3) is 6.08 Å². The molecule has 0 atom stereocenters. The molecular formula is C28H22Cl2N4O3S. The molecule has 3 aromatic rings. The molecule has 0 radical (unpaired) electrons. The second kappa shape index (κ2) is 11.0. The third-order valence-corrected chi connectivity index (χ3v) is 7.41. The predicted octanol–water partition coefficient (Wildman–Crippen LogP) is 6.95. The van der Waals surface area contributed by atoms with E-state index in [-0.39, 0.29) is 18.0 Å². The van der Waals surface area contributed by atoms with E-state index in [2.05, 4.69) is 10.1 Å². The van der Waals surface area contributed by atoms with E-state index in [0.717, 1.165) is 16.7 Å². The molecule has 0 unspecified atom stereocenters. The highest BCUT2D eigenvalue weighted by Gasteiger charge is 2.36. The minimum Gasteiger partial charge on any atom is -0.490 e. The average Bonchev–Trinajstić information content (AvgIpc) is 3.33. The van der Waals surface area contributed by atoms with Gasteiger partial charge in [0.15, 0.2) is 17.3 Å². The fourth-order valence-corrected chi connectivity index (χ4v) is 4.98. The number of thioether (sulfide) groups is 1. The number of hydrogen-bond acceptors (Lipinski definition) is 6. The Kier molecular flexibility index (Phi) is 7.56. The molecule has 192 valence electrons. The number of hydrazone groups is 1. The van der Waals surface area contributed by atoms with Gasteiger partial charge in [0.1, 0.15) is 11.7 Å². The van der Waals surface area contributed by atoms with Crippen LogP contribution in [-0.4, -0.2) is 33.6 Å². The normalized spacial score (nSPS) is 15.9. The largest absolute Gasteiger partial charge is 0.490 e. The molecule has 3 aromatic carbocycles. The lowest BCUT2D eigenvalue weighted by Gasteiger charge is -2.20. The van der Waals surface area contributed by atoms with Gasteiger partial charge in [-0.2, -0.15) is 15.1 Å². The molecule has 5 rings (SSSR count). The summed E-state index contributed by atoms with van der Waals surface area (Å²) in [6.07, 6.45) is 1.61. The Labute approximate surface area is 234 Å². The smallest absolute Gasteiger partial charge is 0.283 e. The van der Waals surface area contributed by atoms with Gasteiger partial charge in [-0.3, -0.25) is 10.2 Å². The van der Waals surface area contributed by atoms with E-state index in [4.69, 9.17) is 38.1 Å². The van der Waals surface area contributed by atoms with Gasteiger partial charge in [0, 0.05) is 5.56 Å². The zero-order valence-corrected chi connectivity index (χ0v) is 22.8. The van der Waals surface area contributed by atoms with Crippen molar-refractivity contribution in [1.29, 1.82) is 5.41 Å². The summed E-state index contributed by atoms with van der Waals surface area (Å²) in [7, 11) is 0. The molecule has 0 fully saturated rings. The van der Waals surface area contributed by atoms with Crippen LogP contribution < -0.4 is 9.47 Å². The number of nitrogens with zero attached hydrogens (tertiary/aromatic N) is 3. The summed E-state index contributed by atoms with van der Waals surface area (Å²) >= 11 is 13.4. The Morgan fingerprint density at radius 1 is 1.00 bits per heavy atom. The van der Waals surface area contributed by atoms with Crippen LogP contribution in [0.5, 0.6) is 11.5 Å². The lowest BCUT2D eigenvalue weighted by atomic mass is 10.1. The minimum absolute atomic E-state index is 0.0347. The molecule has 0 aromatic heterocycles. The highest BCUT2D eigenvalue weighted by Crippen LogP contribution is 2.33. The first kappa shape index (κ1) is 26.0. The number of rotatable bonds is 7. The van der Waals surface area contributed by atoms with Crippen LogP contribution in [0, 0.1) is 12.3 Å². The number of benzene rings is 3. The van der Waals surface area contributed by atoms with Gasteiger partial charge in [0.25, 0.3) is 5.91 Å². The van der Waals surface area contributed by atoms with E-state index < -0.39 is 5.91 Å². The van der Waals surface area contributed by atoms with Crippen molar-refractivity contribution in [3.05, 3.63) is 98.5 Å². The van der Waals surface area contributed by atoms with Crippen molar-refractivity contribution < 1.29 is 14.3 Å². The van der Waals surface area contributed by atoms with Gasteiger partial charge in [-0.15, -0.1) is 0 Å². The van der Waals surface area contributed by atoms with Crippen LogP contribution in [0.15, 0.2) is 76.3 Å². The number of ether oxygens (including phenoxy) is 2. The van der Waals surface area contributed by atoms with Crippen molar-refractivity contribution in [3.63, 3.8) is 0 Å². The second-order valence-electron chi connectivity index (χ2n) is 8.47. The lowest BCUT2D eigenvalue weighted by Crippen LogP contribution is -2.35. The summed E-state index contributed by atoms with van der Waals surface area (Å²) in [6, 6.07) is 18.5. The number of hydrogen-bond donors (Lipinski definition) is 1. The molecule has 0 spiro atoms. The van der Waals surface area contributed by atoms with Crippen molar-refractivity contribution >= 4 is 63.0 Å². The number of aryl methyl sites for hydroxylation is 1. The third-order valence-electron chi connectivity index (χ3n) is 5.71. The number of amidine groups is 2. The molecule has 2 aliphatic rings. The van der Waals surface area contributed by atoms with E-state index >= 15 is 0 Å². The summed E-state index contributed by atoms with van der Waals surface area (Å²) in [5, 5.41) is 16.6. The first-order valence-electron chi connectivity index (χ1n) is 11.7. The van der Waals surface area contributed by atoms with Gasteiger partial charge in [-0.05, 0) is 67.1 Å². The molecule has 10 heteroatoms. The molecule has 2 aliphatic heterocycles. The minimum atomic E-state index is -0.494. The predicted molar refractivity (Wildman–Crippen MR) is 154 cm³/mol. The van der Waals surface area contributed by atoms with Crippen LogP contribution in [-0.2, 0) is 11.4 Å². The molecule has 0 saturated heterocycles. The Balaban J connectivity index is 1.38. The molecule has 2 heterocycles. The van der Waals surface area contributed by atoms with Crippen molar-refractivity contribution in [2.45, 2.75) is 20.5 Å². The zero-order valence-electron chi connectivity index (χ0n) is 20.5. The van der Waals surface area contributed by atoms with Gasteiger partial charge in [0.05, 0.1) is 22.2 Å². The van der Waals surface area contributed by atoms with Gasteiger partial charge < -0.3 is 9.47 Å². The van der Waals surface area contributed by atoms with E-state index in [1.54, 1.807) is 36.4 Å². The fourth-order valence-electron chi connectivity index (χ4n) is 3.76. The highest BCUT2D eigenvalue weighted by atomic mass is 35.5. The Bertz CT molecular complexity index is 1530. The van der Waals surface area contributed by atoms with Crippen LogP contribution >= 0.6 is 35.0 Å².